The molecule has 7 heteroatoms. The Balaban J connectivity index is 1.46. The Labute approximate surface area is 192 Å². The van der Waals surface area contributed by atoms with Gasteiger partial charge in [-0.2, -0.15) is 0 Å². The van der Waals surface area contributed by atoms with E-state index in [9.17, 15) is 14.4 Å². The summed E-state index contributed by atoms with van der Waals surface area (Å²) in [5.41, 5.74) is 3.30. The summed E-state index contributed by atoms with van der Waals surface area (Å²) in [7, 11) is 0. The first-order valence-electron chi connectivity index (χ1n) is 10.8. The minimum absolute atomic E-state index is 0.219. The van der Waals surface area contributed by atoms with Crippen molar-refractivity contribution in [3.63, 3.8) is 0 Å². The van der Waals surface area contributed by atoms with Crippen LogP contribution in [0.2, 0.25) is 0 Å². The second-order valence-electron chi connectivity index (χ2n) is 7.90. The van der Waals surface area contributed by atoms with Crippen LogP contribution < -0.4 is 16.0 Å². The lowest BCUT2D eigenvalue weighted by molar-refractivity contribution is -0.124. The van der Waals surface area contributed by atoms with Gasteiger partial charge < -0.3 is 20.7 Å². The Kier molecular flexibility index (Phi) is 6.80. The Morgan fingerprint density at radius 1 is 0.818 bits per heavy atom. The zero-order valence-electron chi connectivity index (χ0n) is 18.3. The fourth-order valence-corrected chi connectivity index (χ4v) is 3.65. The molecule has 0 spiro atoms. The SMILES string of the molecule is Cc1cccc(NC(=O)c2ccccc2NC(=O)c2cccc(NC(=O)C3CCCO3)c2)c1. The van der Waals surface area contributed by atoms with Crippen molar-refractivity contribution < 1.29 is 19.1 Å². The molecule has 3 aromatic rings. The molecular weight excluding hydrogens is 418 g/mol. The van der Waals surface area contributed by atoms with Gasteiger partial charge in [-0.3, -0.25) is 14.4 Å². The molecule has 0 bridgehead atoms. The van der Waals surface area contributed by atoms with Crippen molar-refractivity contribution in [3.8, 4) is 0 Å². The smallest absolute Gasteiger partial charge is 0.257 e. The van der Waals surface area contributed by atoms with Crippen LogP contribution in [0, 0.1) is 6.92 Å². The summed E-state index contributed by atoms with van der Waals surface area (Å²) in [6.45, 7) is 2.53. The molecule has 33 heavy (non-hydrogen) atoms. The van der Waals surface area contributed by atoms with Crippen molar-refractivity contribution in [1.29, 1.82) is 0 Å². The highest BCUT2D eigenvalue weighted by Gasteiger charge is 2.23. The number of hydrogen-bond donors (Lipinski definition) is 3. The predicted molar refractivity (Wildman–Crippen MR) is 128 cm³/mol. The average Bonchev–Trinajstić information content (AvgIpc) is 3.35. The number of carbonyl (C=O) groups excluding carboxylic acids is 3. The number of para-hydroxylation sites is 1. The Morgan fingerprint density at radius 3 is 2.33 bits per heavy atom. The molecule has 0 radical (unpaired) electrons. The van der Waals surface area contributed by atoms with Crippen LogP contribution in [-0.4, -0.2) is 30.4 Å². The van der Waals surface area contributed by atoms with Crippen LogP contribution >= 0.6 is 0 Å². The van der Waals surface area contributed by atoms with Crippen LogP contribution in [0.1, 0.15) is 39.1 Å². The summed E-state index contributed by atoms with van der Waals surface area (Å²) < 4.78 is 5.40. The maximum Gasteiger partial charge on any atom is 0.257 e. The van der Waals surface area contributed by atoms with Gasteiger partial charge in [-0.15, -0.1) is 0 Å². The molecule has 7 nitrogen and oxygen atoms in total. The number of anilines is 3. The van der Waals surface area contributed by atoms with Crippen LogP contribution in [0.5, 0.6) is 0 Å². The van der Waals surface area contributed by atoms with E-state index in [1.807, 2.05) is 31.2 Å². The highest BCUT2D eigenvalue weighted by molar-refractivity contribution is 6.12. The Morgan fingerprint density at radius 2 is 1.58 bits per heavy atom. The average molecular weight is 444 g/mol. The summed E-state index contributed by atoms with van der Waals surface area (Å²) >= 11 is 0. The highest BCUT2D eigenvalue weighted by atomic mass is 16.5. The zero-order chi connectivity index (χ0) is 23.2. The number of rotatable bonds is 6. The quantitative estimate of drug-likeness (QED) is 0.518. The van der Waals surface area contributed by atoms with Crippen LogP contribution in [0.15, 0.2) is 72.8 Å². The van der Waals surface area contributed by atoms with Crippen molar-refractivity contribution in [2.24, 2.45) is 0 Å². The second kappa shape index (κ2) is 10.1. The molecule has 1 fully saturated rings. The van der Waals surface area contributed by atoms with E-state index in [1.54, 1.807) is 48.5 Å². The molecule has 1 saturated heterocycles. The summed E-state index contributed by atoms with van der Waals surface area (Å²) in [6, 6.07) is 20.9. The molecule has 3 amide bonds. The monoisotopic (exact) mass is 443 g/mol. The molecule has 0 aromatic heterocycles. The fraction of sp³-hybridized carbons (Fsp3) is 0.192. The molecule has 1 atom stereocenters. The van der Waals surface area contributed by atoms with Gasteiger partial charge >= 0.3 is 0 Å². The number of nitrogens with one attached hydrogen (secondary N) is 3. The molecular formula is C26H25N3O4. The molecule has 1 aliphatic heterocycles. The van der Waals surface area contributed by atoms with Crippen molar-refractivity contribution >= 4 is 34.8 Å². The van der Waals surface area contributed by atoms with Gasteiger partial charge in [0.1, 0.15) is 6.10 Å². The van der Waals surface area contributed by atoms with Gasteiger partial charge in [0.05, 0.1) is 11.3 Å². The summed E-state index contributed by atoms with van der Waals surface area (Å²) in [4.78, 5) is 38.0. The zero-order valence-corrected chi connectivity index (χ0v) is 18.3. The van der Waals surface area contributed by atoms with Crippen molar-refractivity contribution in [1.82, 2.24) is 0 Å². The van der Waals surface area contributed by atoms with E-state index in [0.29, 0.717) is 41.2 Å². The molecule has 3 aromatic carbocycles. The third-order valence-electron chi connectivity index (χ3n) is 5.31. The molecule has 4 rings (SSSR count). The number of aryl methyl sites for hydroxylation is 1. The third kappa shape index (κ3) is 5.64. The van der Waals surface area contributed by atoms with Crippen LogP contribution in [0.25, 0.3) is 0 Å². The molecule has 1 aliphatic rings. The van der Waals surface area contributed by atoms with Crippen molar-refractivity contribution in [3.05, 3.63) is 89.5 Å². The number of amides is 3. The standard InChI is InChI=1S/C26H25N3O4/c1-17-7-4-9-19(15-17)27-25(31)21-11-2-3-12-22(21)29-24(30)18-8-5-10-20(16-18)28-26(32)23-13-6-14-33-23/h2-5,7-12,15-16,23H,6,13-14H2,1H3,(H,27,31)(H,28,32)(H,29,30). The Hall–Kier alpha value is -3.97. The van der Waals surface area contributed by atoms with Gasteiger partial charge in [-0.25, -0.2) is 0 Å². The summed E-state index contributed by atoms with van der Waals surface area (Å²) in [6.07, 6.45) is 1.09. The topological polar surface area (TPSA) is 96.5 Å². The lowest BCUT2D eigenvalue weighted by atomic mass is 10.1. The normalized spacial score (nSPS) is 15.0. The van der Waals surface area contributed by atoms with E-state index in [-0.39, 0.29) is 17.7 Å². The van der Waals surface area contributed by atoms with Gasteiger partial charge in [0.2, 0.25) is 0 Å². The van der Waals surface area contributed by atoms with Crippen LogP contribution in [0.4, 0.5) is 17.1 Å². The van der Waals surface area contributed by atoms with Crippen LogP contribution in [-0.2, 0) is 9.53 Å². The van der Waals surface area contributed by atoms with E-state index < -0.39 is 6.10 Å². The number of hydrogen-bond acceptors (Lipinski definition) is 4. The van der Waals surface area contributed by atoms with E-state index >= 15 is 0 Å². The van der Waals surface area contributed by atoms with Gasteiger partial charge in [-0.1, -0.05) is 30.3 Å². The van der Waals surface area contributed by atoms with Crippen LogP contribution in [0.3, 0.4) is 0 Å². The molecule has 1 unspecified atom stereocenters. The fourth-order valence-electron chi connectivity index (χ4n) is 3.65. The maximum atomic E-state index is 12.9. The van der Waals surface area contributed by atoms with E-state index in [4.69, 9.17) is 4.74 Å². The van der Waals surface area contributed by atoms with E-state index in [1.165, 1.54) is 0 Å². The number of benzene rings is 3. The van der Waals surface area contributed by atoms with Gasteiger partial charge in [-0.05, 0) is 67.8 Å². The number of ether oxygens (including phenoxy) is 1. The minimum Gasteiger partial charge on any atom is -0.368 e. The van der Waals surface area contributed by atoms with Crippen molar-refractivity contribution in [2.45, 2.75) is 25.9 Å². The van der Waals surface area contributed by atoms with Gasteiger partial charge in [0, 0.05) is 23.5 Å². The number of carbonyl (C=O) groups is 3. The van der Waals surface area contributed by atoms with E-state index in [0.717, 1.165) is 12.0 Å². The first-order chi connectivity index (χ1) is 16.0. The lowest BCUT2D eigenvalue weighted by Gasteiger charge is -2.13. The first-order valence-corrected chi connectivity index (χ1v) is 10.8. The summed E-state index contributed by atoms with van der Waals surface area (Å²) in [5.74, 6) is -0.934. The van der Waals surface area contributed by atoms with E-state index in [2.05, 4.69) is 16.0 Å². The second-order valence-corrected chi connectivity index (χ2v) is 7.90. The first kappa shape index (κ1) is 22.2. The molecule has 0 aliphatic carbocycles. The molecule has 168 valence electrons. The lowest BCUT2D eigenvalue weighted by Crippen LogP contribution is -2.27. The molecule has 3 N–H and O–H groups in total. The largest absolute Gasteiger partial charge is 0.368 e. The third-order valence-corrected chi connectivity index (χ3v) is 5.31. The molecule has 1 heterocycles. The highest BCUT2D eigenvalue weighted by Crippen LogP contribution is 2.21. The minimum atomic E-state index is -0.457. The maximum absolute atomic E-state index is 12.9. The van der Waals surface area contributed by atoms with Gasteiger partial charge in [0.15, 0.2) is 0 Å². The molecule has 0 saturated carbocycles. The summed E-state index contributed by atoms with van der Waals surface area (Å²) in [5, 5.41) is 8.46. The van der Waals surface area contributed by atoms with Crippen molar-refractivity contribution in [2.75, 3.05) is 22.6 Å². The Bertz CT molecular complexity index is 1190. The van der Waals surface area contributed by atoms with Gasteiger partial charge in [0.25, 0.3) is 17.7 Å². The predicted octanol–water partition coefficient (Wildman–Crippen LogP) is 4.62.